The van der Waals surface area contributed by atoms with E-state index in [4.69, 9.17) is 0 Å². The molecular weight excluding hydrogens is 308 g/mol. The highest BCUT2D eigenvalue weighted by Gasteiger charge is 2.23. The van der Waals surface area contributed by atoms with Gasteiger partial charge in [-0.25, -0.2) is 0 Å². The second kappa shape index (κ2) is 8.30. The van der Waals surface area contributed by atoms with Gasteiger partial charge in [-0.1, -0.05) is 54.4 Å². The van der Waals surface area contributed by atoms with Crippen molar-refractivity contribution in [3.63, 3.8) is 0 Å². The molecule has 0 aliphatic carbocycles. The fraction of sp³-hybridized carbons (Fsp3) is 0.409. The van der Waals surface area contributed by atoms with Gasteiger partial charge >= 0.3 is 0 Å². The van der Waals surface area contributed by atoms with Crippen LogP contribution in [0.2, 0.25) is 0 Å². The van der Waals surface area contributed by atoms with Crippen molar-refractivity contribution in [2.45, 2.75) is 45.7 Å². The molecule has 1 N–H and O–H groups in total. The SMILES string of the molecule is Cc1ccc(C)c(C(=O)NCC2CCCCN2Cc2ccccc2)c1. The molecule has 2 aromatic carbocycles. The van der Waals surface area contributed by atoms with Gasteiger partial charge in [-0.15, -0.1) is 0 Å². The van der Waals surface area contributed by atoms with Gasteiger partial charge in [0.1, 0.15) is 0 Å². The topological polar surface area (TPSA) is 32.3 Å². The van der Waals surface area contributed by atoms with Gasteiger partial charge in [0.15, 0.2) is 0 Å². The van der Waals surface area contributed by atoms with Gasteiger partial charge in [0.25, 0.3) is 5.91 Å². The summed E-state index contributed by atoms with van der Waals surface area (Å²) in [7, 11) is 0. The third kappa shape index (κ3) is 4.70. The summed E-state index contributed by atoms with van der Waals surface area (Å²) in [5.74, 6) is 0.0476. The number of rotatable bonds is 5. The number of nitrogens with zero attached hydrogens (tertiary/aromatic N) is 1. The Kier molecular flexibility index (Phi) is 5.87. The number of hydrogen-bond acceptors (Lipinski definition) is 2. The lowest BCUT2D eigenvalue weighted by Gasteiger charge is -2.36. The molecule has 0 bridgehead atoms. The zero-order chi connectivity index (χ0) is 17.6. The van der Waals surface area contributed by atoms with Crippen LogP contribution in [0.1, 0.15) is 46.3 Å². The van der Waals surface area contributed by atoms with E-state index in [-0.39, 0.29) is 5.91 Å². The van der Waals surface area contributed by atoms with Crippen molar-refractivity contribution in [3.8, 4) is 0 Å². The van der Waals surface area contributed by atoms with Crippen LogP contribution >= 0.6 is 0 Å². The molecular formula is C22H28N2O. The number of carbonyl (C=O) groups excluding carboxylic acids is 1. The minimum atomic E-state index is 0.0476. The number of benzene rings is 2. The monoisotopic (exact) mass is 336 g/mol. The first-order valence-corrected chi connectivity index (χ1v) is 9.27. The lowest BCUT2D eigenvalue weighted by Crippen LogP contribution is -2.46. The first-order valence-electron chi connectivity index (χ1n) is 9.27. The maximum absolute atomic E-state index is 12.6. The van der Waals surface area contributed by atoms with Crippen molar-refractivity contribution in [1.82, 2.24) is 10.2 Å². The predicted molar refractivity (Wildman–Crippen MR) is 103 cm³/mol. The molecule has 3 nitrogen and oxygen atoms in total. The lowest BCUT2D eigenvalue weighted by molar-refractivity contribution is 0.0907. The minimum Gasteiger partial charge on any atom is -0.350 e. The van der Waals surface area contributed by atoms with E-state index >= 15 is 0 Å². The number of amides is 1. The number of likely N-dealkylation sites (tertiary alicyclic amines) is 1. The van der Waals surface area contributed by atoms with Crippen LogP contribution < -0.4 is 5.32 Å². The molecule has 1 saturated heterocycles. The number of nitrogens with one attached hydrogen (secondary N) is 1. The number of hydrogen-bond donors (Lipinski definition) is 1. The second-order valence-electron chi connectivity index (χ2n) is 7.13. The summed E-state index contributed by atoms with van der Waals surface area (Å²) in [6, 6.07) is 17.1. The zero-order valence-electron chi connectivity index (χ0n) is 15.3. The van der Waals surface area contributed by atoms with E-state index in [2.05, 4.69) is 46.6 Å². The highest BCUT2D eigenvalue weighted by Crippen LogP contribution is 2.19. The van der Waals surface area contributed by atoms with E-state index in [9.17, 15) is 4.79 Å². The van der Waals surface area contributed by atoms with Crippen LogP contribution in [0, 0.1) is 13.8 Å². The Hall–Kier alpha value is -2.13. The van der Waals surface area contributed by atoms with Crippen LogP contribution in [-0.2, 0) is 6.54 Å². The first kappa shape index (κ1) is 17.7. The molecule has 1 atom stereocenters. The minimum absolute atomic E-state index is 0.0476. The zero-order valence-corrected chi connectivity index (χ0v) is 15.3. The van der Waals surface area contributed by atoms with Crippen LogP contribution in [0.3, 0.4) is 0 Å². The largest absolute Gasteiger partial charge is 0.350 e. The van der Waals surface area contributed by atoms with Crippen molar-refractivity contribution in [2.75, 3.05) is 13.1 Å². The van der Waals surface area contributed by atoms with Crippen LogP contribution in [0.25, 0.3) is 0 Å². The van der Waals surface area contributed by atoms with Gasteiger partial charge in [0.2, 0.25) is 0 Å². The Morgan fingerprint density at radius 3 is 2.72 bits per heavy atom. The quantitative estimate of drug-likeness (QED) is 0.892. The van der Waals surface area contributed by atoms with Crippen molar-refractivity contribution in [2.24, 2.45) is 0 Å². The molecule has 3 rings (SSSR count). The van der Waals surface area contributed by atoms with Gasteiger partial charge in [0, 0.05) is 24.7 Å². The van der Waals surface area contributed by atoms with Crippen LogP contribution in [0.15, 0.2) is 48.5 Å². The van der Waals surface area contributed by atoms with E-state index < -0.39 is 0 Å². The standard InChI is InChI=1S/C22H28N2O/c1-17-11-12-18(2)21(14-17)22(25)23-15-20-10-6-7-13-24(20)16-19-8-4-3-5-9-19/h3-5,8-9,11-12,14,20H,6-7,10,13,15-16H2,1-2H3,(H,23,25). The van der Waals surface area contributed by atoms with Gasteiger partial charge in [-0.2, -0.15) is 0 Å². The Labute approximate surface area is 151 Å². The summed E-state index contributed by atoms with van der Waals surface area (Å²) in [4.78, 5) is 15.1. The fourth-order valence-corrected chi connectivity index (χ4v) is 3.60. The average molecular weight is 336 g/mol. The molecule has 1 fully saturated rings. The van der Waals surface area contributed by atoms with Crippen molar-refractivity contribution < 1.29 is 4.79 Å². The lowest BCUT2D eigenvalue weighted by atomic mass is 10.0. The van der Waals surface area contributed by atoms with Crippen molar-refractivity contribution in [1.29, 1.82) is 0 Å². The predicted octanol–water partition coefficient (Wildman–Crippen LogP) is 4.09. The van der Waals surface area contributed by atoms with E-state index in [1.807, 2.05) is 26.0 Å². The molecule has 1 aliphatic heterocycles. The normalized spacial score (nSPS) is 18.1. The van der Waals surface area contributed by atoms with Crippen LogP contribution in [0.4, 0.5) is 0 Å². The van der Waals surface area contributed by atoms with Gasteiger partial charge in [-0.3, -0.25) is 9.69 Å². The van der Waals surface area contributed by atoms with E-state index in [1.54, 1.807) is 0 Å². The first-order chi connectivity index (χ1) is 12.1. The maximum Gasteiger partial charge on any atom is 0.251 e. The molecule has 0 radical (unpaired) electrons. The van der Waals surface area contributed by atoms with Crippen LogP contribution in [-0.4, -0.2) is 29.9 Å². The summed E-state index contributed by atoms with van der Waals surface area (Å²) in [5, 5.41) is 3.17. The van der Waals surface area contributed by atoms with Gasteiger partial charge in [0.05, 0.1) is 0 Å². The fourth-order valence-electron chi connectivity index (χ4n) is 3.60. The molecule has 3 heteroatoms. The molecule has 0 spiro atoms. The summed E-state index contributed by atoms with van der Waals surface area (Å²) in [5.41, 5.74) is 4.30. The molecule has 2 aromatic rings. The summed E-state index contributed by atoms with van der Waals surface area (Å²) < 4.78 is 0. The molecule has 0 saturated carbocycles. The number of carbonyl (C=O) groups is 1. The molecule has 1 unspecified atom stereocenters. The summed E-state index contributed by atoms with van der Waals surface area (Å²) in [6.45, 7) is 6.82. The number of aryl methyl sites for hydroxylation is 2. The Morgan fingerprint density at radius 1 is 1.12 bits per heavy atom. The molecule has 0 aromatic heterocycles. The van der Waals surface area contributed by atoms with E-state index in [0.29, 0.717) is 6.04 Å². The molecule has 1 aliphatic rings. The smallest absolute Gasteiger partial charge is 0.251 e. The third-order valence-corrected chi connectivity index (χ3v) is 5.11. The van der Waals surface area contributed by atoms with Gasteiger partial charge in [-0.05, 0) is 50.4 Å². The Balaban J connectivity index is 1.62. The molecule has 1 heterocycles. The third-order valence-electron chi connectivity index (χ3n) is 5.11. The van der Waals surface area contributed by atoms with Crippen molar-refractivity contribution in [3.05, 3.63) is 70.8 Å². The van der Waals surface area contributed by atoms with E-state index in [0.717, 1.165) is 42.7 Å². The van der Waals surface area contributed by atoms with Crippen LogP contribution in [0.5, 0.6) is 0 Å². The Bertz CT molecular complexity index is 711. The number of piperidine rings is 1. The van der Waals surface area contributed by atoms with E-state index in [1.165, 1.54) is 18.4 Å². The molecule has 25 heavy (non-hydrogen) atoms. The Morgan fingerprint density at radius 2 is 1.92 bits per heavy atom. The average Bonchev–Trinajstić information content (AvgIpc) is 2.63. The molecule has 132 valence electrons. The second-order valence-corrected chi connectivity index (χ2v) is 7.13. The summed E-state index contributed by atoms with van der Waals surface area (Å²) >= 11 is 0. The highest BCUT2D eigenvalue weighted by molar-refractivity contribution is 5.95. The summed E-state index contributed by atoms with van der Waals surface area (Å²) in [6.07, 6.45) is 3.64. The highest BCUT2D eigenvalue weighted by atomic mass is 16.1. The van der Waals surface area contributed by atoms with Crippen molar-refractivity contribution >= 4 is 5.91 Å². The maximum atomic E-state index is 12.6. The molecule has 1 amide bonds. The van der Waals surface area contributed by atoms with Gasteiger partial charge < -0.3 is 5.32 Å².